The van der Waals surface area contributed by atoms with Crippen LogP contribution in [0, 0.1) is 11.2 Å². The van der Waals surface area contributed by atoms with Gasteiger partial charge in [0.25, 0.3) is 5.91 Å². The lowest BCUT2D eigenvalue weighted by atomic mass is 9.75. The number of carbonyl (C=O) groups excluding carboxylic acids is 2. The van der Waals surface area contributed by atoms with Crippen LogP contribution in [-0.2, 0) is 12.8 Å². The first kappa shape index (κ1) is 24.4. The highest BCUT2D eigenvalue weighted by Gasteiger charge is 2.35. The molecule has 0 bridgehead atoms. The second-order valence-electron chi connectivity index (χ2n) is 10.2. The number of H-pyrrole nitrogens is 1. The number of amides is 1. The molecule has 0 atom stereocenters. The van der Waals surface area contributed by atoms with Crippen LogP contribution in [0.4, 0.5) is 10.2 Å². The summed E-state index contributed by atoms with van der Waals surface area (Å²) in [6, 6.07) is 17.6. The molecule has 2 N–H and O–H groups in total. The Balaban J connectivity index is 1.52. The van der Waals surface area contributed by atoms with Crippen LogP contribution in [0.25, 0.3) is 11.3 Å². The van der Waals surface area contributed by atoms with Crippen molar-refractivity contribution in [3.63, 3.8) is 0 Å². The van der Waals surface area contributed by atoms with Gasteiger partial charge in [-0.25, -0.2) is 9.37 Å². The SMILES string of the molecule is COc1cc(C(=O)Nc2cc(-c3[nH]c4c(c3Cc3ccccc3)C(=O)CC(C)(C)C4)ccn2)ccc1F. The third kappa shape index (κ3) is 5.03. The molecule has 4 aromatic rings. The van der Waals surface area contributed by atoms with Crippen LogP contribution in [0.3, 0.4) is 0 Å². The van der Waals surface area contributed by atoms with E-state index < -0.39 is 11.7 Å². The molecule has 2 heterocycles. The molecule has 7 heteroatoms. The maximum atomic E-state index is 13.8. The van der Waals surface area contributed by atoms with Gasteiger partial charge in [0.2, 0.25) is 0 Å². The first-order valence-corrected chi connectivity index (χ1v) is 12.2. The van der Waals surface area contributed by atoms with Gasteiger partial charge in [0, 0.05) is 41.4 Å². The summed E-state index contributed by atoms with van der Waals surface area (Å²) in [7, 11) is 1.35. The van der Waals surface area contributed by atoms with Gasteiger partial charge in [-0.05, 0) is 53.3 Å². The number of nitrogens with zero attached hydrogens (tertiary/aromatic N) is 1. The van der Waals surface area contributed by atoms with Crippen molar-refractivity contribution in [2.24, 2.45) is 5.41 Å². The van der Waals surface area contributed by atoms with Crippen molar-refractivity contribution in [1.82, 2.24) is 9.97 Å². The maximum Gasteiger partial charge on any atom is 0.256 e. The lowest BCUT2D eigenvalue weighted by Gasteiger charge is -2.28. The van der Waals surface area contributed by atoms with E-state index in [9.17, 15) is 14.0 Å². The van der Waals surface area contributed by atoms with Crippen LogP contribution in [0.1, 0.15) is 57.8 Å². The molecule has 0 radical (unpaired) electrons. The summed E-state index contributed by atoms with van der Waals surface area (Å²) in [6.07, 6.45) is 3.50. The van der Waals surface area contributed by atoms with Crippen LogP contribution in [-0.4, -0.2) is 28.8 Å². The van der Waals surface area contributed by atoms with E-state index in [2.05, 4.69) is 41.3 Å². The predicted octanol–water partition coefficient (Wildman–Crippen LogP) is 6.22. The molecule has 0 spiro atoms. The molecule has 1 aliphatic rings. The van der Waals surface area contributed by atoms with Crippen molar-refractivity contribution in [2.45, 2.75) is 33.1 Å². The highest BCUT2D eigenvalue weighted by atomic mass is 19.1. The van der Waals surface area contributed by atoms with Crippen molar-refractivity contribution in [3.05, 3.63) is 101 Å². The summed E-state index contributed by atoms with van der Waals surface area (Å²) in [5.74, 6) is -0.499. The molecule has 188 valence electrons. The summed E-state index contributed by atoms with van der Waals surface area (Å²) in [6.45, 7) is 4.21. The van der Waals surface area contributed by atoms with E-state index in [1.807, 2.05) is 24.3 Å². The maximum absolute atomic E-state index is 13.8. The third-order valence-corrected chi connectivity index (χ3v) is 6.68. The van der Waals surface area contributed by atoms with Crippen molar-refractivity contribution < 1.29 is 18.7 Å². The Bertz CT molecular complexity index is 1490. The Morgan fingerprint density at radius 1 is 1.11 bits per heavy atom. The minimum Gasteiger partial charge on any atom is -0.494 e. The number of pyridine rings is 1. The average molecular weight is 498 g/mol. The summed E-state index contributed by atoms with van der Waals surface area (Å²) in [4.78, 5) is 34.0. The van der Waals surface area contributed by atoms with E-state index in [4.69, 9.17) is 4.74 Å². The number of Topliss-reactive ketones (excluding diaryl/α,β-unsaturated/α-hetero) is 1. The van der Waals surface area contributed by atoms with Gasteiger partial charge >= 0.3 is 0 Å². The minimum atomic E-state index is -0.543. The number of nitrogens with one attached hydrogen (secondary N) is 2. The number of rotatable bonds is 6. The third-order valence-electron chi connectivity index (χ3n) is 6.68. The molecule has 2 aromatic heterocycles. The van der Waals surface area contributed by atoms with Gasteiger partial charge in [-0.2, -0.15) is 0 Å². The number of hydrogen-bond acceptors (Lipinski definition) is 4. The van der Waals surface area contributed by atoms with Crippen molar-refractivity contribution in [3.8, 4) is 17.0 Å². The number of methoxy groups -OCH3 is 1. The summed E-state index contributed by atoms with van der Waals surface area (Å²) >= 11 is 0. The number of halogens is 1. The van der Waals surface area contributed by atoms with Crippen LogP contribution in [0.2, 0.25) is 0 Å². The Kier molecular flexibility index (Phi) is 6.38. The number of benzene rings is 2. The normalized spacial score (nSPS) is 14.2. The van der Waals surface area contributed by atoms with Gasteiger partial charge in [0.05, 0.1) is 12.8 Å². The Hall–Kier alpha value is -4.26. The highest BCUT2D eigenvalue weighted by molar-refractivity contribution is 6.04. The molecule has 5 rings (SSSR count). The molecule has 0 unspecified atom stereocenters. The van der Waals surface area contributed by atoms with Gasteiger partial charge in [-0.3, -0.25) is 9.59 Å². The molecule has 6 nitrogen and oxygen atoms in total. The fraction of sp³-hybridized carbons (Fsp3) is 0.233. The number of aromatic nitrogens is 2. The van der Waals surface area contributed by atoms with Gasteiger partial charge in [-0.15, -0.1) is 0 Å². The van der Waals surface area contributed by atoms with Gasteiger partial charge in [-0.1, -0.05) is 44.2 Å². The summed E-state index contributed by atoms with van der Waals surface area (Å²) in [5, 5.41) is 2.78. The molecule has 0 fully saturated rings. The number of hydrogen-bond donors (Lipinski definition) is 2. The number of anilines is 1. The lowest BCUT2D eigenvalue weighted by Crippen LogP contribution is -2.27. The quantitative estimate of drug-likeness (QED) is 0.331. The smallest absolute Gasteiger partial charge is 0.256 e. The first-order valence-electron chi connectivity index (χ1n) is 12.2. The molecule has 0 saturated carbocycles. The number of carbonyl (C=O) groups is 2. The average Bonchev–Trinajstić information content (AvgIpc) is 3.22. The molecular weight excluding hydrogens is 469 g/mol. The Morgan fingerprint density at radius 2 is 1.89 bits per heavy atom. The number of ether oxygens (including phenoxy) is 1. The van der Waals surface area contributed by atoms with E-state index in [1.54, 1.807) is 12.3 Å². The van der Waals surface area contributed by atoms with E-state index in [0.29, 0.717) is 18.7 Å². The lowest BCUT2D eigenvalue weighted by molar-refractivity contribution is 0.0910. The molecule has 0 saturated heterocycles. The first-order chi connectivity index (χ1) is 17.7. The molecule has 1 amide bonds. The molecular formula is C30H28FN3O3. The summed E-state index contributed by atoms with van der Waals surface area (Å²) < 4.78 is 18.8. The highest BCUT2D eigenvalue weighted by Crippen LogP contribution is 2.40. The molecule has 37 heavy (non-hydrogen) atoms. The summed E-state index contributed by atoms with van der Waals surface area (Å²) in [5.41, 5.74) is 5.57. The predicted molar refractivity (Wildman–Crippen MR) is 141 cm³/mol. The molecule has 1 aliphatic carbocycles. The van der Waals surface area contributed by atoms with Crippen molar-refractivity contribution in [1.29, 1.82) is 0 Å². The monoisotopic (exact) mass is 497 g/mol. The van der Waals surface area contributed by atoms with Crippen molar-refractivity contribution in [2.75, 3.05) is 12.4 Å². The van der Waals surface area contributed by atoms with E-state index >= 15 is 0 Å². The second kappa shape index (κ2) is 9.65. The zero-order valence-electron chi connectivity index (χ0n) is 21.0. The number of ketones is 1. The van der Waals surface area contributed by atoms with Crippen molar-refractivity contribution >= 4 is 17.5 Å². The second-order valence-corrected chi connectivity index (χ2v) is 10.2. The van der Waals surface area contributed by atoms with Crippen LogP contribution in [0.5, 0.6) is 5.75 Å². The molecule has 2 aromatic carbocycles. The Morgan fingerprint density at radius 3 is 2.65 bits per heavy atom. The largest absolute Gasteiger partial charge is 0.494 e. The molecule has 0 aliphatic heterocycles. The topological polar surface area (TPSA) is 84.1 Å². The van der Waals surface area contributed by atoms with E-state index in [0.717, 1.165) is 40.1 Å². The standard InChI is InChI=1S/C30H28FN3O3/c1-30(2)16-23-27(24(35)17-30)21(13-18-7-5-4-6-8-18)28(33-23)19-11-12-32-26(15-19)34-29(36)20-9-10-22(31)25(14-20)37-3/h4-12,14-15,33H,13,16-17H2,1-3H3,(H,32,34,36). The number of fused-ring (bicyclic) bond motifs is 1. The zero-order valence-corrected chi connectivity index (χ0v) is 21.0. The van der Waals surface area contributed by atoms with Crippen LogP contribution >= 0.6 is 0 Å². The fourth-order valence-corrected chi connectivity index (χ4v) is 5.00. The van der Waals surface area contributed by atoms with Gasteiger partial charge < -0.3 is 15.0 Å². The minimum absolute atomic E-state index is 0.00975. The number of aromatic amines is 1. The van der Waals surface area contributed by atoms with E-state index in [-0.39, 0.29) is 22.5 Å². The van der Waals surface area contributed by atoms with Gasteiger partial charge in [0.15, 0.2) is 17.3 Å². The fourth-order valence-electron chi connectivity index (χ4n) is 5.00. The van der Waals surface area contributed by atoms with E-state index in [1.165, 1.54) is 25.3 Å². The zero-order chi connectivity index (χ0) is 26.2. The Labute approximate surface area is 214 Å². The van der Waals surface area contributed by atoms with Crippen LogP contribution < -0.4 is 10.1 Å². The van der Waals surface area contributed by atoms with Crippen LogP contribution in [0.15, 0.2) is 66.9 Å². The van der Waals surface area contributed by atoms with Gasteiger partial charge in [0.1, 0.15) is 5.82 Å².